The van der Waals surface area contributed by atoms with Gasteiger partial charge in [-0.2, -0.15) is 0 Å². The molecule has 2 amide bonds. The molecule has 1 aliphatic rings. The van der Waals surface area contributed by atoms with Gasteiger partial charge in [0.05, 0.1) is 19.0 Å². The van der Waals surface area contributed by atoms with Crippen molar-refractivity contribution >= 4 is 40.2 Å². The van der Waals surface area contributed by atoms with E-state index in [1.807, 2.05) is 35.0 Å². The summed E-state index contributed by atoms with van der Waals surface area (Å²) in [6, 6.07) is 12.6. The molecule has 1 fully saturated rings. The number of hydrogen-bond acceptors (Lipinski definition) is 5. The van der Waals surface area contributed by atoms with Crippen LogP contribution in [0.15, 0.2) is 59.6 Å². The third-order valence-electron chi connectivity index (χ3n) is 5.15. The van der Waals surface area contributed by atoms with Crippen LogP contribution in [0.3, 0.4) is 0 Å². The second-order valence-electron chi connectivity index (χ2n) is 7.54. The predicted octanol–water partition coefficient (Wildman–Crippen LogP) is 4.13. The van der Waals surface area contributed by atoms with Crippen LogP contribution < -0.4 is 10.1 Å². The summed E-state index contributed by atoms with van der Waals surface area (Å²) < 4.78 is 47.8. The second-order valence-corrected chi connectivity index (χ2v) is 8.56. The van der Waals surface area contributed by atoms with Gasteiger partial charge in [0.25, 0.3) is 0 Å². The summed E-state index contributed by atoms with van der Waals surface area (Å²) in [4.78, 5) is 27.7. The Bertz CT molecular complexity index is 1160. The van der Waals surface area contributed by atoms with Gasteiger partial charge < -0.3 is 24.3 Å². The van der Waals surface area contributed by atoms with Gasteiger partial charge in [0.1, 0.15) is 12.3 Å². The Balaban J connectivity index is 1.38. The molecule has 4 rings (SSSR count). The maximum absolute atomic E-state index is 12.7. The number of para-hydroxylation sites is 1. The van der Waals surface area contributed by atoms with Crippen LogP contribution in [0.4, 0.5) is 18.9 Å². The lowest BCUT2D eigenvalue weighted by molar-refractivity contribution is -0.274. The van der Waals surface area contributed by atoms with Crippen molar-refractivity contribution in [3.8, 4) is 5.75 Å². The van der Waals surface area contributed by atoms with E-state index in [0.717, 1.165) is 27.9 Å². The maximum Gasteiger partial charge on any atom is 0.573 e. The number of thioether (sulfide) groups is 1. The van der Waals surface area contributed by atoms with E-state index in [9.17, 15) is 22.8 Å². The van der Waals surface area contributed by atoms with Gasteiger partial charge in [-0.05, 0) is 30.3 Å². The van der Waals surface area contributed by atoms with E-state index < -0.39 is 6.36 Å². The third-order valence-corrected chi connectivity index (χ3v) is 6.19. The average Bonchev–Trinajstić information content (AvgIpc) is 3.16. The highest BCUT2D eigenvalue weighted by molar-refractivity contribution is 8.00. The Morgan fingerprint density at radius 2 is 1.76 bits per heavy atom. The Morgan fingerprint density at radius 3 is 2.47 bits per heavy atom. The minimum absolute atomic E-state index is 0.0105. The van der Waals surface area contributed by atoms with Gasteiger partial charge in [0.15, 0.2) is 0 Å². The number of ether oxygens (including phenoxy) is 2. The van der Waals surface area contributed by atoms with Gasteiger partial charge in [-0.1, -0.05) is 18.2 Å². The molecule has 1 N–H and O–H groups in total. The van der Waals surface area contributed by atoms with E-state index in [0.29, 0.717) is 32.0 Å². The summed E-state index contributed by atoms with van der Waals surface area (Å²) >= 11 is 1.32. The SMILES string of the molecule is O=C(CSc1cn(CC(=O)N2CCOCC2)c2ccccc12)Nc1ccc(OC(F)(F)F)cc1. The largest absolute Gasteiger partial charge is 0.573 e. The molecule has 1 aliphatic heterocycles. The molecule has 2 heterocycles. The van der Waals surface area contributed by atoms with Crippen LogP contribution in [0.2, 0.25) is 0 Å². The number of fused-ring (bicyclic) bond motifs is 1. The third kappa shape index (κ3) is 6.23. The van der Waals surface area contributed by atoms with E-state index >= 15 is 0 Å². The zero-order valence-corrected chi connectivity index (χ0v) is 18.8. The number of anilines is 1. The van der Waals surface area contributed by atoms with Gasteiger partial charge >= 0.3 is 6.36 Å². The number of halogens is 3. The van der Waals surface area contributed by atoms with Gasteiger partial charge in [-0.25, -0.2) is 0 Å². The van der Waals surface area contributed by atoms with Crippen LogP contribution in [0.5, 0.6) is 5.75 Å². The van der Waals surface area contributed by atoms with E-state index in [2.05, 4.69) is 10.1 Å². The smallest absolute Gasteiger partial charge is 0.406 e. The van der Waals surface area contributed by atoms with Crippen molar-refractivity contribution in [2.24, 2.45) is 0 Å². The summed E-state index contributed by atoms with van der Waals surface area (Å²) in [7, 11) is 0. The summed E-state index contributed by atoms with van der Waals surface area (Å²) in [6.45, 7) is 2.41. The fourth-order valence-electron chi connectivity index (χ4n) is 3.60. The topological polar surface area (TPSA) is 72.8 Å². The minimum Gasteiger partial charge on any atom is -0.406 e. The fourth-order valence-corrected chi connectivity index (χ4v) is 4.49. The highest BCUT2D eigenvalue weighted by Crippen LogP contribution is 2.30. The van der Waals surface area contributed by atoms with Gasteiger partial charge in [0, 0.05) is 40.8 Å². The molecule has 0 aliphatic carbocycles. The fraction of sp³-hybridized carbons (Fsp3) is 0.304. The van der Waals surface area contributed by atoms with Crippen molar-refractivity contribution in [1.82, 2.24) is 9.47 Å². The molecule has 1 aromatic heterocycles. The number of carbonyl (C=O) groups is 2. The number of morpholine rings is 1. The summed E-state index contributed by atoms with van der Waals surface area (Å²) in [5, 5.41) is 3.59. The first-order valence-corrected chi connectivity index (χ1v) is 11.5. The molecule has 180 valence electrons. The molecule has 0 spiro atoms. The van der Waals surface area contributed by atoms with Gasteiger partial charge in [0.2, 0.25) is 11.8 Å². The standard InChI is InChI=1S/C23H22F3N3O4S/c24-23(25,26)33-17-7-5-16(6-8-17)27-21(30)15-34-20-13-29(19-4-2-1-3-18(19)20)14-22(31)28-9-11-32-12-10-28/h1-8,13H,9-12,14-15H2,(H,27,30). The molecule has 2 aromatic carbocycles. The Hall–Kier alpha value is -3.18. The molecule has 0 unspecified atom stereocenters. The molecule has 0 saturated carbocycles. The van der Waals surface area contributed by atoms with Crippen LogP contribution >= 0.6 is 11.8 Å². The van der Waals surface area contributed by atoms with E-state index in [-0.39, 0.29) is 29.9 Å². The van der Waals surface area contributed by atoms with Crippen LogP contribution in [0, 0.1) is 0 Å². The number of nitrogens with zero attached hydrogens (tertiary/aromatic N) is 2. The molecule has 1 saturated heterocycles. The number of amides is 2. The van der Waals surface area contributed by atoms with E-state index in [1.54, 1.807) is 4.90 Å². The monoisotopic (exact) mass is 493 g/mol. The second kappa shape index (κ2) is 10.4. The molecule has 0 radical (unpaired) electrons. The quantitative estimate of drug-likeness (QED) is 0.501. The predicted molar refractivity (Wildman–Crippen MR) is 122 cm³/mol. The number of hydrogen-bond donors (Lipinski definition) is 1. The van der Waals surface area contributed by atoms with Gasteiger partial charge in [-0.15, -0.1) is 24.9 Å². The number of rotatable bonds is 7. The highest BCUT2D eigenvalue weighted by Gasteiger charge is 2.31. The molecular formula is C23H22F3N3O4S. The van der Waals surface area contributed by atoms with Crippen molar-refractivity contribution in [3.63, 3.8) is 0 Å². The highest BCUT2D eigenvalue weighted by atomic mass is 32.2. The van der Waals surface area contributed by atoms with Crippen molar-refractivity contribution in [3.05, 3.63) is 54.7 Å². The Kier molecular flexibility index (Phi) is 7.32. The van der Waals surface area contributed by atoms with Crippen LogP contribution in [0.25, 0.3) is 10.9 Å². The molecule has 7 nitrogen and oxygen atoms in total. The molecule has 34 heavy (non-hydrogen) atoms. The molecule has 0 bridgehead atoms. The lowest BCUT2D eigenvalue weighted by Gasteiger charge is -2.27. The summed E-state index contributed by atoms with van der Waals surface area (Å²) in [5.74, 6) is -0.571. The van der Waals surface area contributed by atoms with Crippen LogP contribution in [-0.2, 0) is 20.9 Å². The van der Waals surface area contributed by atoms with Crippen molar-refractivity contribution in [2.45, 2.75) is 17.8 Å². The number of aromatic nitrogens is 1. The number of carbonyl (C=O) groups excluding carboxylic acids is 2. The minimum atomic E-state index is -4.77. The number of alkyl halides is 3. The van der Waals surface area contributed by atoms with E-state index in [1.165, 1.54) is 23.9 Å². The number of nitrogens with one attached hydrogen (secondary N) is 1. The first-order chi connectivity index (χ1) is 16.3. The summed E-state index contributed by atoms with van der Waals surface area (Å²) in [5.41, 5.74) is 1.26. The average molecular weight is 494 g/mol. The Labute approximate surface area is 197 Å². The molecule has 3 aromatic rings. The zero-order chi connectivity index (χ0) is 24.1. The normalized spacial score (nSPS) is 14.3. The lowest BCUT2D eigenvalue weighted by atomic mass is 10.2. The zero-order valence-electron chi connectivity index (χ0n) is 18.0. The Morgan fingerprint density at radius 1 is 1.06 bits per heavy atom. The maximum atomic E-state index is 12.7. The number of benzene rings is 2. The van der Waals surface area contributed by atoms with Gasteiger partial charge in [-0.3, -0.25) is 9.59 Å². The van der Waals surface area contributed by atoms with Crippen LogP contribution in [0.1, 0.15) is 0 Å². The molecular weight excluding hydrogens is 471 g/mol. The van der Waals surface area contributed by atoms with Crippen molar-refractivity contribution < 1.29 is 32.2 Å². The first-order valence-electron chi connectivity index (χ1n) is 10.5. The molecule has 0 atom stereocenters. The van der Waals surface area contributed by atoms with Crippen molar-refractivity contribution in [2.75, 3.05) is 37.4 Å². The lowest BCUT2D eigenvalue weighted by Crippen LogP contribution is -2.42. The van der Waals surface area contributed by atoms with Crippen LogP contribution in [-0.4, -0.2) is 59.7 Å². The van der Waals surface area contributed by atoms with Crippen molar-refractivity contribution in [1.29, 1.82) is 0 Å². The van der Waals surface area contributed by atoms with E-state index in [4.69, 9.17) is 4.74 Å². The molecule has 11 heteroatoms. The first kappa shape index (κ1) is 24.0. The summed E-state index contributed by atoms with van der Waals surface area (Å²) in [6.07, 6.45) is -2.91.